The van der Waals surface area contributed by atoms with Crippen LogP contribution >= 0.6 is 23.1 Å². The summed E-state index contributed by atoms with van der Waals surface area (Å²) in [6.45, 7) is 3.93. The Morgan fingerprint density at radius 2 is 1.88 bits per heavy atom. The Morgan fingerprint density at radius 1 is 1.15 bits per heavy atom. The maximum Gasteiger partial charge on any atom is 0.252 e. The zero-order valence-corrected chi connectivity index (χ0v) is 19.7. The van der Waals surface area contributed by atoms with E-state index in [4.69, 9.17) is 5.73 Å². The highest BCUT2D eigenvalue weighted by molar-refractivity contribution is 8.00. The predicted octanol–water partition coefficient (Wildman–Crippen LogP) is 1.67. The summed E-state index contributed by atoms with van der Waals surface area (Å²) >= 11 is 2.60. The van der Waals surface area contributed by atoms with Gasteiger partial charge in [-0.15, -0.1) is 11.8 Å². The lowest BCUT2D eigenvalue weighted by molar-refractivity contribution is -0.125. The highest BCUT2D eigenvalue weighted by atomic mass is 32.2. The second kappa shape index (κ2) is 9.87. The molecular weight excluding hydrogens is 460 g/mol. The van der Waals surface area contributed by atoms with Crippen LogP contribution in [0.4, 0.5) is 5.13 Å². The van der Waals surface area contributed by atoms with E-state index >= 15 is 0 Å². The molecule has 0 aliphatic carbocycles. The Kier molecular flexibility index (Phi) is 6.94. The lowest BCUT2D eigenvalue weighted by Gasteiger charge is -2.35. The van der Waals surface area contributed by atoms with Crippen LogP contribution in [0.1, 0.15) is 21.5 Å². The molecule has 1 saturated heterocycles. The molecule has 11 heteroatoms. The van der Waals surface area contributed by atoms with Crippen LogP contribution in [-0.2, 0) is 9.59 Å². The van der Waals surface area contributed by atoms with E-state index in [-0.39, 0.29) is 17.6 Å². The number of carbonyl (C=O) groups excluding carboxylic acids is 3. The zero-order chi connectivity index (χ0) is 23.5. The van der Waals surface area contributed by atoms with Gasteiger partial charge >= 0.3 is 0 Å². The smallest absolute Gasteiger partial charge is 0.252 e. The number of benzene rings is 2. The molecule has 0 spiro atoms. The van der Waals surface area contributed by atoms with Crippen molar-refractivity contribution in [2.24, 2.45) is 5.73 Å². The average molecular weight is 485 g/mol. The van der Waals surface area contributed by atoms with Crippen LogP contribution in [0.15, 0.2) is 42.5 Å². The molecule has 2 aromatic carbocycles. The van der Waals surface area contributed by atoms with Gasteiger partial charge in [0.05, 0.1) is 22.1 Å². The highest BCUT2D eigenvalue weighted by Gasteiger charge is 2.35. The van der Waals surface area contributed by atoms with Crippen molar-refractivity contribution in [2.75, 3.05) is 11.1 Å². The summed E-state index contributed by atoms with van der Waals surface area (Å²) in [4.78, 5) is 41.7. The number of hydrogen-bond donors (Lipinski definition) is 5. The third-order valence-electron chi connectivity index (χ3n) is 5.03. The monoisotopic (exact) mass is 484 g/mol. The summed E-state index contributed by atoms with van der Waals surface area (Å²) in [5.74, 6) is -0.958. The topological polar surface area (TPSA) is 138 Å². The second-order valence-corrected chi connectivity index (χ2v) is 9.87. The number of fused-ring (bicyclic) bond motifs is 1. The number of carbonyl (C=O) groups is 3. The van der Waals surface area contributed by atoms with Crippen LogP contribution in [0.25, 0.3) is 10.2 Å². The average Bonchev–Trinajstić information content (AvgIpc) is 3.16. The molecule has 3 unspecified atom stereocenters. The van der Waals surface area contributed by atoms with Gasteiger partial charge in [-0.1, -0.05) is 35.1 Å². The summed E-state index contributed by atoms with van der Waals surface area (Å²) in [5.41, 5.74) is 8.96. The number of anilines is 1. The third-order valence-corrected chi connectivity index (χ3v) is 6.98. The van der Waals surface area contributed by atoms with Crippen molar-refractivity contribution in [1.29, 1.82) is 0 Å². The molecule has 172 valence electrons. The van der Waals surface area contributed by atoms with E-state index in [1.165, 1.54) is 23.1 Å². The number of nitrogens with two attached hydrogens (primary N) is 1. The SMILES string of the molecule is Cc1ccc(C(=O)NC2C(=O)NC(SCC(=O)Nc3nc4ccc(C)cc4s3)NC2N)cc1. The fourth-order valence-corrected chi connectivity index (χ4v) is 5.09. The minimum Gasteiger partial charge on any atom is -0.338 e. The standard InChI is InChI=1S/C22H24N6O3S2/c1-11-3-6-13(7-4-11)19(30)26-17-18(23)27-21(28-20(17)31)32-10-16(29)25-22-24-14-8-5-12(2)9-15(14)33-22/h3-9,17-18,21,27H,10,23H2,1-2H3,(H,26,30)(H,28,31)(H,24,25,29). The van der Waals surface area contributed by atoms with E-state index in [9.17, 15) is 14.4 Å². The number of thiazole rings is 1. The van der Waals surface area contributed by atoms with Gasteiger partial charge in [0.1, 0.15) is 11.5 Å². The zero-order valence-electron chi connectivity index (χ0n) is 18.0. The number of nitrogens with one attached hydrogen (secondary N) is 4. The molecule has 1 aromatic heterocycles. The summed E-state index contributed by atoms with van der Waals surface area (Å²) < 4.78 is 1.00. The van der Waals surface area contributed by atoms with Crippen molar-refractivity contribution in [3.05, 3.63) is 59.2 Å². The van der Waals surface area contributed by atoms with Gasteiger partial charge in [-0.2, -0.15) is 0 Å². The molecule has 1 aliphatic heterocycles. The van der Waals surface area contributed by atoms with Gasteiger partial charge in [-0.25, -0.2) is 4.98 Å². The van der Waals surface area contributed by atoms with Crippen molar-refractivity contribution < 1.29 is 14.4 Å². The van der Waals surface area contributed by atoms with Crippen LogP contribution in [0.3, 0.4) is 0 Å². The number of nitrogens with zero attached hydrogens (tertiary/aromatic N) is 1. The molecule has 9 nitrogen and oxygen atoms in total. The van der Waals surface area contributed by atoms with Crippen molar-refractivity contribution >= 4 is 56.2 Å². The summed E-state index contributed by atoms with van der Waals surface area (Å²) in [6.07, 6.45) is -0.804. The fraction of sp³-hybridized carbons (Fsp3) is 0.273. The highest BCUT2D eigenvalue weighted by Crippen LogP contribution is 2.26. The van der Waals surface area contributed by atoms with E-state index in [0.29, 0.717) is 10.7 Å². The molecule has 1 aliphatic rings. The lowest BCUT2D eigenvalue weighted by atomic mass is 10.1. The molecule has 1 fully saturated rings. The van der Waals surface area contributed by atoms with Crippen molar-refractivity contribution in [2.45, 2.75) is 31.6 Å². The van der Waals surface area contributed by atoms with Crippen molar-refractivity contribution in [3.63, 3.8) is 0 Å². The van der Waals surface area contributed by atoms with E-state index in [1.54, 1.807) is 12.1 Å². The molecule has 0 bridgehead atoms. The van der Waals surface area contributed by atoms with Gasteiger partial charge in [0.15, 0.2) is 5.13 Å². The predicted molar refractivity (Wildman–Crippen MR) is 131 cm³/mol. The number of aryl methyl sites for hydroxylation is 2. The largest absolute Gasteiger partial charge is 0.338 e. The normalized spacial score (nSPS) is 20.3. The molecule has 0 saturated carbocycles. The van der Waals surface area contributed by atoms with Crippen LogP contribution in [0.5, 0.6) is 0 Å². The lowest BCUT2D eigenvalue weighted by Crippen LogP contribution is -2.70. The van der Waals surface area contributed by atoms with Gasteiger partial charge in [0, 0.05) is 5.56 Å². The van der Waals surface area contributed by atoms with E-state index < -0.39 is 23.6 Å². The first-order chi connectivity index (χ1) is 15.8. The third kappa shape index (κ3) is 5.69. The maximum atomic E-state index is 12.5. The van der Waals surface area contributed by atoms with E-state index in [2.05, 4.69) is 26.3 Å². The Bertz CT molecular complexity index is 1200. The molecular formula is C22H24N6O3S2. The Hall–Kier alpha value is -2.99. The second-order valence-electron chi connectivity index (χ2n) is 7.75. The van der Waals surface area contributed by atoms with Crippen LogP contribution in [0, 0.1) is 13.8 Å². The van der Waals surface area contributed by atoms with Crippen LogP contribution in [0.2, 0.25) is 0 Å². The molecule has 3 aromatic rings. The number of aromatic nitrogens is 1. The summed E-state index contributed by atoms with van der Waals surface area (Å²) in [5, 5.41) is 11.7. The van der Waals surface area contributed by atoms with E-state index in [0.717, 1.165) is 21.3 Å². The number of rotatable bonds is 6. The minimum atomic E-state index is -0.935. The molecule has 4 rings (SSSR count). The van der Waals surface area contributed by atoms with Gasteiger partial charge in [0.2, 0.25) is 11.8 Å². The quantitative estimate of drug-likeness (QED) is 0.359. The number of hydrogen-bond acceptors (Lipinski definition) is 8. The van der Waals surface area contributed by atoms with Gasteiger partial charge in [-0.3, -0.25) is 19.7 Å². The minimum absolute atomic E-state index is 0.0833. The van der Waals surface area contributed by atoms with Gasteiger partial charge in [0.25, 0.3) is 5.91 Å². The Morgan fingerprint density at radius 3 is 2.61 bits per heavy atom. The number of thioether (sulfide) groups is 1. The molecule has 3 amide bonds. The summed E-state index contributed by atoms with van der Waals surface area (Å²) in [6, 6.07) is 12.0. The van der Waals surface area contributed by atoms with Crippen molar-refractivity contribution in [3.8, 4) is 0 Å². The van der Waals surface area contributed by atoms with E-state index in [1.807, 2.05) is 44.2 Å². The summed E-state index contributed by atoms with van der Waals surface area (Å²) in [7, 11) is 0. The maximum absolute atomic E-state index is 12.5. The number of amides is 3. The first-order valence-electron chi connectivity index (χ1n) is 10.3. The molecule has 2 heterocycles. The molecule has 6 N–H and O–H groups in total. The molecule has 0 radical (unpaired) electrons. The fourth-order valence-electron chi connectivity index (χ4n) is 3.27. The first-order valence-corrected chi connectivity index (χ1v) is 12.1. The Labute approximate surface area is 198 Å². The molecule has 33 heavy (non-hydrogen) atoms. The van der Waals surface area contributed by atoms with Crippen molar-refractivity contribution in [1.82, 2.24) is 20.9 Å². The molecule has 3 atom stereocenters. The van der Waals surface area contributed by atoms with Gasteiger partial charge in [-0.05, 0) is 43.7 Å². The van der Waals surface area contributed by atoms with Crippen LogP contribution < -0.4 is 27.0 Å². The Balaban J connectivity index is 1.27. The van der Waals surface area contributed by atoms with Crippen LogP contribution in [-0.4, -0.2) is 46.2 Å². The first kappa shape index (κ1) is 23.2. The van der Waals surface area contributed by atoms with Gasteiger partial charge < -0.3 is 21.7 Å².